The van der Waals surface area contributed by atoms with Gasteiger partial charge in [-0.1, -0.05) is 60.8 Å². The summed E-state index contributed by atoms with van der Waals surface area (Å²) in [5.74, 6) is 1.23. The second-order valence-corrected chi connectivity index (χ2v) is 5.67. The molecule has 1 saturated heterocycles. The molecule has 0 bridgehead atoms. The van der Waals surface area contributed by atoms with Crippen molar-refractivity contribution in [1.29, 1.82) is 0 Å². The molecule has 0 spiro atoms. The van der Waals surface area contributed by atoms with Crippen LogP contribution in [-0.2, 0) is 13.7 Å². The molecule has 0 saturated carbocycles. The van der Waals surface area contributed by atoms with Gasteiger partial charge in [0.1, 0.15) is 0 Å². The summed E-state index contributed by atoms with van der Waals surface area (Å²) in [6, 6.07) is 0. The Bertz CT molecular complexity index is 199. The lowest BCUT2D eigenvalue weighted by Gasteiger charge is -2.37. The standard InChI is InChI=1S/C12H27B3O3/c1-7-10(4)13-16-14(11(5)8-2)18-15(17-13)12(6)9-3/h10-12H,7-9H2,1-6H3. The highest BCUT2D eigenvalue weighted by Crippen LogP contribution is 2.31. The van der Waals surface area contributed by atoms with Crippen LogP contribution in [0.3, 0.4) is 0 Å². The largest absolute Gasteiger partial charge is 0.452 e. The van der Waals surface area contributed by atoms with Gasteiger partial charge in [-0.15, -0.1) is 0 Å². The van der Waals surface area contributed by atoms with Crippen LogP contribution in [0, 0.1) is 0 Å². The molecule has 0 aliphatic carbocycles. The monoisotopic (exact) mass is 252 g/mol. The molecule has 1 rings (SSSR count). The van der Waals surface area contributed by atoms with Gasteiger partial charge in [-0.05, 0) is 17.5 Å². The van der Waals surface area contributed by atoms with Crippen LogP contribution in [0.25, 0.3) is 0 Å². The number of hydrogen-bond acceptors (Lipinski definition) is 3. The highest BCUT2D eigenvalue weighted by molar-refractivity contribution is 6.75. The number of rotatable bonds is 6. The van der Waals surface area contributed by atoms with Crippen molar-refractivity contribution in [2.45, 2.75) is 78.3 Å². The Morgan fingerprint density at radius 2 is 0.833 bits per heavy atom. The molecule has 0 amide bonds. The van der Waals surface area contributed by atoms with Gasteiger partial charge in [0.2, 0.25) is 0 Å². The van der Waals surface area contributed by atoms with E-state index in [2.05, 4.69) is 41.5 Å². The van der Waals surface area contributed by atoms with Crippen LogP contribution in [0.5, 0.6) is 0 Å². The Morgan fingerprint density at radius 1 is 0.611 bits per heavy atom. The Labute approximate surface area is 114 Å². The predicted octanol–water partition coefficient (Wildman–Crippen LogP) is 3.91. The summed E-state index contributed by atoms with van der Waals surface area (Å²) >= 11 is 0. The van der Waals surface area contributed by atoms with E-state index in [0.29, 0.717) is 17.5 Å². The van der Waals surface area contributed by atoms with E-state index in [9.17, 15) is 0 Å². The van der Waals surface area contributed by atoms with Crippen molar-refractivity contribution in [1.82, 2.24) is 0 Å². The average Bonchev–Trinajstić information content (AvgIpc) is 2.43. The molecule has 1 fully saturated rings. The third-order valence-electron chi connectivity index (χ3n) is 4.13. The highest BCUT2D eigenvalue weighted by Gasteiger charge is 2.45. The first-order valence-corrected chi connectivity index (χ1v) is 7.49. The third-order valence-corrected chi connectivity index (χ3v) is 4.13. The first-order valence-electron chi connectivity index (χ1n) is 7.49. The lowest BCUT2D eigenvalue weighted by Crippen LogP contribution is -2.52. The Morgan fingerprint density at radius 3 is 1.00 bits per heavy atom. The van der Waals surface area contributed by atoms with Crippen molar-refractivity contribution in [3.05, 3.63) is 0 Å². The Kier molecular flexibility index (Phi) is 6.82. The third kappa shape index (κ3) is 4.04. The van der Waals surface area contributed by atoms with Gasteiger partial charge in [0.25, 0.3) is 0 Å². The van der Waals surface area contributed by atoms with E-state index in [0.717, 1.165) is 19.3 Å². The molecule has 6 heteroatoms. The molecule has 3 unspecified atom stereocenters. The summed E-state index contributed by atoms with van der Waals surface area (Å²) in [5.41, 5.74) is 0. The minimum Gasteiger partial charge on any atom is -0.452 e. The van der Waals surface area contributed by atoms with Crippen LogP contribution >= 0.6 is 0 Å². The lowest BCUT2D eigenvalue weighted by atomic mass is 9.55. The van der Waals surface area contributed by atoms with Crippen molar-refractivity contribution in [2.24, 2.45) is 0 Å². The smallest absolute Gasteiger partial charge is 0.432 e. The molecule has 102 valence electrons. The normalized spacial score (nSPS) is 22.0. The molecule has 0 aromatic heterocycles. The van der Waals surface area contributed by atoms with E-state index in [4.69, 9.17) is 13.7 Å². The molecule has 0 aromatic rings. The van der Waals surface area contributed by atoms with Gasteiger partial charge >= 0.3 is 21.4 Å². The fourth-order valence-corrected chi connectivity index (χ4v) is 1.87. The molecule has 1 aliphatic heterocycles. The van der Waals surface area contributed by atoms with Crippen molar-refractivity contribution < 1.29 is 13.7 Å². The molecule has 18 heavy (non-hydrogen) atoms. The molecule has 0 N–H and O–H groups in total. The summed E-state index contributed by atoms with van der Waals surface area (Å²) in [7, 11) is -0.370. The summed E-state index contributed by atoms with van der Waals surface area (Å²) in [6.07, 6.45) is 3.18. The summed E-state index contributed by atoms with van der Waals surface area (Å²) in [4.78, 5) is 0. The van der Waals surface area contributed by atoms with Gasteiger partial charge in [-0.25, -0.2) is 0 Å². The highest BCUT2D eigenvalue weighted by atomic mass is 16.7. The lowest BCUT2D eigenvalue weighted by molar-refractivity contribution is 0.255. The first kappa shape index (κ1) is 16.1. The van der Waals surface area contributed by atoms with E-state index in [-0.39, 0.29) is 21.4 Å². The van der Waals surface area contributed by atoms with Gasteiger partial charge in [0.05, 0.1) is 0 Å². The van der Waals surface area contributed by atoms with Crippen LogP contribution < -0.4 is 0 Å². The minimum absolute atomic E-state index is 0.123. The van der Waals surface area contributed by atoms with Crippen molar-refractivity contribution in [3.63, 3.8) is 0 Å². The fraction of sp³-hybridized carbons (Fsp3) is 1.00. The predicted molar refractivity (Wildman–Crippen MR) is 79.7 cm³/mol. The zero-order valence-electron chi connectivity index (χ0n) is 12.8. The maximum atomic E-state index is 5.97. The number of hydrogen-bond donors (Lipinski definition) is 0. The molecule has 0 radical (unpaired) electrons. The van der Waals surface area contributed by atoms with E-state index in [1.165, 1.54) is 0 Å². The summed E-state index contributed by atoms with van der Waals surface area (Å²) in [6.45, 7) is 13.0. The first-order chi connectivity index (χ1) is 8.53. The fourth-order valence-electron chi connectivity index (χ4n) is 1.87. The van der Waals surface area contributed by atoms with Gasteiger partial charge in [-0.2, -0.15) is 0 Å². The van der Waals surface area contributed by atoms with Crippen molar-refractivity contribution in [2.75, 3.05) is 0 Å². The molecular weight excluding hydrogens is 225 g/mol. The van der Waals surface area contributed by atoms with E-state index >= 15 is 0 Å². The second-order valence-electron chi connectivity index (χ2n) is 5.67. The maximum Gasteiger partial charge on any atom is 0.432 e. The Hall–Kier alpha value is 0.0748. The van der Waals surface area contributed by atoms with Crippen LogP contribution in [0.4, 0.5) is 0 Å². The van der Waals surface area contributed by atoms with E-state index < -0.39 is 0 Å². The second kappa shape index (κ2) is 7.61. The maximum absolute atomic E-state index is 5.97. The molecule has 1 heterocycles. The summed E-state index contributed by atoms with van der Waals surface area (Å²) < 4.78 is 17.9. The Balaban J connectivity index is 2.71. The van der Waals surface area contributed by atoms with E-state index in [1.807, 2.05) is 0 Å². The molecule has 3 nitrogen and oxygen atoms in total. The zero-order valence-corrected chi connectivity index (χ0v) is 12.8. The van der Waals surface area contributed by atoms with Crippen LogP contribution in [0.1, 0.15) is 60.8 Å². The quantitative estimate of drug-likeness (QED) is 0.670. The minimum atomic E-state index is -0.123. The SMILES string of the molecule is CCC(C)B1OB(C(C)CC)OB(C(C)CC)O1. The van der Waals surface area contributed by atoms with Crippen LogP contribution in [0.15, 0.2) is 0 Å². The van der Waals surface area contributed by atoms with Crippen LogP contribution in [-0.4, -0.2) is 21.4 Å². The van der Waals surface area contributed by atoms with Crippen molar-refractivity contribution >= 4 is 21.4 Å². The van der Waals surface area contributed by atoms with Crippen LogP contribution in [0.2, 0.25) is 17.5 Å². The molecule has 0 aromatic carbocycles. The van der Waals surface area contributed by atoms with Gasteiger partial charge in [-0.3, -0.25) is 0 Å². The zero-order chi connectivity index (χ0) is 13.7. The summed E-state index contributed by atoms with van der Waals surface area (Å²) in [5, 5.41) is 0. The topological polar surface area (TPSA) is 27.7 Å². The molecule has 3 atom stereocenters. The van der Waals surface area contributed by atoms with Gasteiger partial charge in [0.15, 0.2) is 0 Å². The molecule has 1 aliphatic rings. The van der Waals surface area contributed by atoms with E-state index in [1.54, 1.807) is 0 Å². The van der Waals surface area contributed by atoms with Crippen molar-refractivity contribution in [3.8, 4) is 0 Å². The molecular formula is C12H27B3O3. The van der Waals surface area contributed by atoms with Gasteiger partial charge < -0.3 is 13.7 Å². The average molecular weight is 252 g/mol. The van der Waals surface area contributed by atoms with Gasteiger partial charge in [0, 0.05) is 0 Å².